The van der Waals surface area contributed by atoms with Crippen LogP contribution in [-0.4, -0.2) is 26.8 Å². The van der Waals surface area contributed by atoms with Crippen LogP contribution in [0.15, 0.2) is 54.6 Å². The van der Waals surface area contributed by atoms with Gasteiger partial charge in [0.1, 0.15) is 11.6 Å². The second kappa shape index (κ2) is 8.47. The average Bonchev–Trinajstić information content (AvgIpc) is 2.98. The zero-order valence-electron chi connectivity index (χ0n) is 15.4. The number of nitrogens with zero attached hydrogens (tertiary/aromatic N) is 2. The van der Waals surface area contributed by atoms with Crippen LogP contribution < -0.4 is 5.32 Å². The fourth-order valence-corrected chi connectivity index (χ4v) is 2.96. The Morgan fingerprint density at radius 3 is 2.39 bits per heavy atom. The Kier molecular flexibility index (Phi) is 5.84. The monoisotopic (exact) mass is 381 g/mol. The lowest BCUT2D eigenvalue weighted by molar-refractivity contribution is -0.137. The van der Waals surface area contributed by atoms with Crippen LogP contribution in [-0.2, 0) is 9.59 Å². The van der Waals surface area contributed by atoms with Crippen molar-refractivity contribution in [2.45, 2.75) is 26.2 Å². The summed E-state index contributed by atoms with van der Waals surface area (Å²) in [4.78, 5) is 23.1. The lowest BCUT2D eigenvalue weighted by atomic mass is 10.1. The zero-order valence-corrected chi connectivity index (χ0v) is 15.4. The predicted octanol–water partition coefficient (Wildman–Crippen LogP) is 4.18. The Morgan fingerprint density at radius 1 is 1.07 bits per heavy atom. The third-order valence-corrected chi connectivity index (χ3v) is 4.25. The first-order valence-electron chi connectivity index (χ1n) is 8.88. The molecular weight excluding hydrogens is 361 g/mol. The fourth-order valence-electron chi connectivity index (χ4n) is 2.96. The Hall–Kier alpha value is -3.48. The topological polar surface area (TPSA) is 84.2 Å². The number of aryl methyl sites for hydroxylation is 1. The van der Waals surface area contributed by atoms with Crippen LogP contribution >= 0.6 is 0 Å². The molecule has 0 saturated heterocycles. The molecule has 0 atom stereocenters. The number of carbonyl (C=O) groups is 2. The van der Waals surface area contributed by atoms with Gasteiger partial charge < -0.3 is 10.4 Å². The Balaban J connectivity index is 1.99. The van der Waals surface area contributed by atoms with Crippen molar-refractivity contribution in [3.63, 3.8) is 0 Å². The van der Waals surface area contributed by atoms with E-state index in [0.29, 0.717) is 17.2 Å². The third kappa shape index (κ3) is 4.43. The summed E-state index contributed by atoms with van der Waals surface area (Å²) in [5, 5.41) is 16.1. The number of aromatic nitrogens is 2. The molecule has 2 N–H and O–H groups in total. The molecule has 0 unspecified atom stereocenters. The van der Waals surface area contributed by atoms with E-state index in [2.05, 4.69) is 10.4 Å². The first-order valence-corrected chi connectivity index (χ1v) is 8.88. The normalized spacial score (nSPS) is 10.6. The number of aliphatic carboxylic acids is 1. The van der Waals surface area contributed by atoms with Crippen molar-refractivity contribution in [2.24, 2.45) is 0 Å². The van der Waals surface area contributed by atoms with E-state index in [9.17, 15) is 14.0 Å². The first kappa shape index (κ1) is 19.3. The molecule has 2 aromatic carbocycles. The van der Waals surface area contributed by atoms with Gasteiger partial charge in [0.15, 0.2) is 0 Å². The van der Waals surface area contributed by atoms with Crippen LogP contribution in [0.4, 0.5) is 10.2 Å². The lowest BCUT2D eigenvalue weighted by Gasteiger charge is -2.12. The maximum atomic E-state index is 13.3. The number of nitrogens with one attached hydrogen (secondary N) is 1. The van der Waals surface area contributed by atoms with Crippen molar-refractivity contribution < 1.29 is 19.1 Å². The molecular formula is C21H20FN3O3. The van der Waals surface area contributed by atoms with Gasteiger partial charge in [-0.3, -0.25) is 9.59 Å². The number of carbonyl (C=O) groups excluding carboxylic acids is 1. The molecule has 3 rings (SSSR count). The van der Waals surface area contributed by atoms with Crippen molar-refractivity contribution in [1.82, 2.24) is 9.78 Å². The molecule has 144 valence electrons. The Morgan fingerprint density at radius 2 is 1.75 bits per heavy atom. The maximum Gasteiger partial charge on any atom is 0.303 e. The highest BCUT2D eigenvalue weighted by Crippen LogP contribution is 2.33. The second-order valence-corrected chi connectivity index (χ2v) is 6.36. The van der Waals surface area contributed by atoms with Crippen LogP contribution in [0.1, 0.15) is 25.0 Å². The van der Waals surface area contributed by atoms with Gasteiger partial charge in [0.25, 0.3) is 0 Å². The molecule has 1 amide bonds. The number of anilines is 1. The fraction of sp³-hybridized carbons (Fsp3) is 0.190. The van der Waals surface area contributed by atoms with Gasteiger partial charge in [-0.25, -0.2) is 9.07 Å². The number of carboxylic acid groups (broad SMARTS) is 1. The Labute approximate surface area is 161 Å². The number of amides is 1. The summed E-state index contributed by atoms with van der Waals surface area (Å²) in [6.45, 7) is 1.84. The summed E-state index contributed by atoms with van der Waals surface area (Å²) in [5.41, 5.74) is 2.95. The van der Waals surface area contributed by atoms with Crippen molar-refractivity contribution >= 4 is 17.7 Å². The molecule has 0 aliphatic heterocycles. The van der Waals surface area contributed by atoms with Gasteiger partial charge >= 0.3 is 5.97 Å². The molecule has 1 aromatic heterocycles. The number of rotatable bonds is 7. The van der Waals surface area contributed by atoms with E-state index in [-0.39, 0.29) is 31.0 Å². The van der Waals surface area contributed by atoms with Gasteiger partial charge in [0.2, 0.25) is 5.91 Å². The summed E-state index contributed by atoms with van der Waals surface area (Å²) in [6.07, 6.45) is 0.245. The molecule has 0 aliphatic carbocycles. The van der Waals surface area contributed by atoms with E-state index < -0.39 is 5.97 Å². The third-order valence-electron chi connectivity index (χ3n) is 4.25. The highest BCUT2D eigenvalue weighted by atomic mass is 19.1. The first-order chi connectivity index (χ1) is 13.5. The maximum absolute atomic E-state index is 13.3. The van der Waals surface area contributed by atoms with E-state index in [1.165, 1.54) is 12.1 Å². The quantitative estimate of drug-likeness (QED) is 0.643. The molecule has 28 heavy (non-hydrogen) atoms. The van der Waals surface area contributed by atoms with Crippen molar-refractivity contribution in [3.8, 4) is 16.8 Å². The molecule has 0 saturated carbocycles. The summed E-state index contributed by atoms with van der Waals surface area (Å²) in [5.74, 6) is -1.14. The van der Waals surface area contributed by atoms with Crippen LogP contribution in [0.25, 0.3) is 16.8 Å². The van der Waals surface area contributed by atoms with Crippen LogP contribution in [0, 0.1) is 12.7 Å². The SMILES string of the molecule is Cc1nn(-c2ccc(F)cc2)c(NC(=O)CCCC(=O)O)c1-c1ccccc1. The zero-order chi connectivity index (χ0) is 20.1. The molecule has 0 spiro atoms. The lowest BCUT2D eigenvalue weighted by Crippen LogP contribution is -2.15. The van der Waals surface area contributed by atoms with E-state index in [0.717, 1.165) is 11.1 Å². The van der Waals surface area contributed by atoms with Crippen molar-refractivity contribution in [3.05, 3.63) is 66.1 Å². The standard InChI is InChI=1S/C21H20FN3O3/c1-14-20(15-6-3-2-4-7-15)21(23-18(26)8-5-9-19(27)28)25(24-14)17-12-10-16(22)11-13-17/h2-4,6-7,10-13H,5,8-9H2,1H3,(H,23,26)(H,27,28). The minimum absolute atomic E-state index is 0.0742. The predicted molar refractivity (Wildman–Crippen MR) is 104 cm³/mol. The van der Waals surface area contributed by atoms with Crippen LogP contribution in [0.2, 0.25) is 0 Å². The highest BCUT2D eigenvalue weighted by molar-refractivity contribution is 5.95. The van der Waals surface area contributed by atoms with E-state index in [1.54, 1.807) is 16.8 Å². The Bertz CT molecular complexity index is 982. The van der Waals surface area contributed by atoms with E-state index in [1.807, 2.05) is 37.3 Å². The van der Waals surface area contributed by atoms with Gasteiger partial charge in [0, 0.05) is 18.4 Å². The minimum Gasteiger partial charge on any atom is -0.481 e. The highest BCUT2D eigenvalue weighted by Gasteiger charge is 2.20. The molecule has 0 aliphatic rings. The molecule has 7 heteroatoms. The molecule has 1 heterocycles. The van der Waals surface area contributed by atoms with E-state index >= 15 is 0 Å². The molecule has 0 fully saturated rings. The van der Waals surface area contributed by atoms with Gasteiger partial charge in [-0.15, -0.1) is 0 Å². The van der Waals surface area contributed by atoms with Crippen molar-refractivity contribution in [1.29, 1.82) is 0 Å². The van der Waals surface area contributed by atoms with Crippen molar-refractivity contribution in [2.75, 3.05) is 5.32 Å². The summed E-state index contributed by atoms with van der Waals surface area (Å²) in [7, 11) is 0. The molecule has 3 aromatic rings. The van der Waals surface area contributed by atoms with Crippen LogP contribution in [0.3, 0.4) is 0 Å². The van der Waals surface area contributed by atoms with Gasteiger partial charge in [-0.1, -0.05) is 30.3 Å². The summed E-state index contributed by atoms with van der Waals surface area (Å²) < 4.78 is 14.9. The molecule has 0 bridgehead atoms. The second-order valence-electron chi connectivity index (χ2n) is 6.36. The number of carboxylic acids is 1. The number of halogens is 1. The van der Waals surface area contributed by atoms with E-state index in [4.69, 9.17) is 5.11 Å². The van der Waals surface area contributed by atoms with Gasteiger partial charge in [-0.05, 0) is 43.2 Å². The smallest absolute Gasteiger partial charge is 0.303 e. The van der Waals surface area contributed by atoms with Crippen LogP contribution in [0.5, 0.6) is 0 Å². The average molecular weight is 381 g/mol. The molecule has 0 radical (unpaired) electrons. The van der Waals surface area contributed by atoms with Gasteiger partial charge in [-0.2, -0.15) is 5.10 Å². The number of hydrogen-bond acceptors (Lipinski definition) is 3. The largest absolute Gasteiger partial charge is 0.481 e. The summed E-state index contributed by atoms with van der Waals surface area (Å²) in [6, 6.07) is 15.3. The minimum atomic E-state index is -0.940. The number of benzene rings is 2. The summed E-state index contributed by atoms with van der Waals surface area (Å²) >= 11 is 0. The number of hydrogen-bond donors (Lipinski definition) is 2. The van der Waals surface area contributed by atoms with Gasteiger partial charge in [0.05, 0.1) is 11.4 Å². The molecule has 6 nitrogen and oxygen atoms in total.